The van der Waals surface area contributed by atoms with Crippen LogP contribution in [-0.4, -0.2) is 33.9 Å². The number of hydrogen-bond acceptors (Lipinski definition) is 6. The summed E-state index contributed by atoms with van der Waals surface area (Å²) in [6.45, 7) is 2.55. The number of benzene rings is 2. The Labute approximate surface area is 160 Å². The molecule has 0 unspecified atom stereocenters. The summed E-state index contributed by atoms with van der Waals surface area (Å²) < 4.78 is 27.0. The predicted octanol–water partition coefficient (Wildman–Crippen LogP) is 4.85. The Hall–Kier alpha value is -2.89. The van der Waals surface area contributed by atoms with Crippen LogP contribution in [0.5, 0.6) is 28.7 Å². The molecular formula is C21H26O6. The molecule has 2 aromatic carbocycles. The average Bonchev–Trinajstić information content (AvgIpc) is 2.70. The minimum absolute atomic E-state index is 0.328. The lowest BCUT2D eigenvalue weighted by molar-refractivity contribution is 0.0498. The van der Waals surface area contributed by atoms with Gasteiger partial charge in [0.1, 0.15) is 11.5 Å². The van der Waals surface area contributed by atoms with E-state index < -0.39 is 0 Å². The second-order valence-electron chi connectivity index (χ2n) is 5.83. The lowest BCUT2D eigenvalue weighted by atomic mass is 10.2. The molecule has 0 bridgehead atoms. The third-order valence-corrected chi connectivity index (χ3v) is 3.95. The number of rotatable bonds is 10. The number of methoxy groups -OCH3 is 3. The van der Waals surface area contributed by atoms with E-state index in [1.54, 1.807) is 57.7 Å². The maximum atomic E-state index is 12.0. The van der Waals surface area contributed by atoms with Crippen molar-refractivity contribution in [2.45, 2.75) is 26.2 Å². The summed E-state index contributed by atoms with van der Waals surface area (Å²) in [6.07, 6.45) is 3.02. The number of carbonyl (C=O) groups is 1. The van der Waals surface area contributed by atoms with Gasteiger partial charge in [-0.25, -0.2) is 4.79 Å². The Morgan fingerprint density at radius 2 is 1.48 bits per heavy atom. The van der Waals surface area contributed by atoms with Gasteiger partial charge in [-0.3, -0.25) is 0 Å². The van der Waals surface area contributed by atoms with Gasteiger partial charge < -0.3 is 23.7 Å². The molecule has 27 heavy (non-hydrogen) atoms. The van der Waals surface area contributed by atoms with Crippen molar-refractivity contribution in [2.24, 2.45) is 0 Å². The van der Waals surface area contributed by atoms with Crippen LogP contribution >= 0.6 is 0 Å². The molecule has 0 radical (unpaired) electrons. The second-order valence-corrected chi connectivity index (χ2v) is 5.83. The molecule has 0 atom stereocenters. The highest BCUT2D eigenvalue weighted by atomic mass is 16.5. The summed E-state index contributed by atoms with van der Waals surface area (Å²) in [7, 11) is 4.63. The average molecular weight is 374 g/mol. The quantitative estimate of drug-likeness (QED) is 0.437. The Morgan fingerprint density at radius 3 is 2.00 bits per heavy atom. The first-order chi connectivity index (χ1) is 13.1. The van der Waals surface area contributed by atoms with Crippen molar-refractivity contribution in [1.82, 2.24) is 0 Å². The maximum Gasteiger partial charge on any atom is 0.338 e. The van der Waals surface area contributed by atoms with Crippen LogP contribution in [0.3, 0.4) is 0 Å². The molecule has 6 nitrogen and oxygen atoms in total. The van der Waals surface area contributed by atoms with Crippen molar-refractivity contribution in [3.8, 4) is 28.7 Å². The van der Waals surface area contributed by atoms with Crippen LogP contribution in [0.25, 0.3) is 0 Å². The number of carbonyl (C=O) groups excluding carboxylic acids is 1. The van der Waals surface area contributed by atoms with Crippen LogP contribution in [0.2, 0.25) is 0 Å². The van der Waals surface area contributed by atoms with Crippen LogP contribution in [0.4, 0.5) is 0 Å². The highest BCUT2D eigenvalue weighted by Gasteiger charge is 2.14. The summed E-state index contributed by atoms with van der Waals surface area (Å²) >= 11 is 0. The van der Waals surface area contributed by atoms with Crippen LogP contribution in [0, 0.1) is 0 Å². The number of hydrogen-bond donors (Lipinski definition) is 0. The molecule has 146 valence electrons. The molecule has 0 amide bonds. The minimum atomic E-state index is -0.328. The smallest absolute Gasteiger partial charge is 0.338 e. The van der Waals surface area contributed by atoms with Crippen molar-refractivity contribution in [3.05, 3.63) is 42.0 Å². The van der Waals surface area contributed by atoms with Crippen LogP contribution in [-0.2, 0) is 4.74 Å². The SMILES string of the molecule is CCCCCOC(=O)c1ccc(Oc2cc(OC)c(OC)c(OC)c2)cc1. The van der Waals surface area contributed by atoms with E-state index in [0.29, 0.717) is 40.9 Å². The zero-order valence-electron chi connectivity index (χ0n) is 16.2. The van der Waals surface area contributed by atoms with Gasteiger partial charge in [0.25, 0.3) is 0 Å². The summed E-state index contributed by atoms with van der Waals surface area (Å²) in [6, 6.07) is 10.2. The van der Waals surface area contributed by atoms with Gasteiger partial charge >= 0.3 is 5.97 Å². The first kappa shape index (κ1) is 20.4. The van der Waals surface area contributed by atoms with E-state index in [4.69, 9.17) is 23.7 Å². The molecule has 2 rings (SSSR count). The van der Waals surface area contributed by atoms with Crippen LogP contribution < -0.4 is 18.9 Å². The molecule has 0 aromatic heterocycles. The summed E-state index contributed by atoms with van der Waals surface area (Å²) in [4.78, 5) is 12.0. The van der Waals surface area contributed by atoms with Gasteiger partial charge in [-0.2, -0.15) is 0 Å². The molecule has 0 heterocycles. The first-order valence-electron chi connectivity index (χ1n) is 8.88. The van der Waals surface area contributed by atoms with Gasteiger partial charge in [-0.15, -0.1) is 0 Å². The standard InChI is InChI=1S/C21H26O6/c1-5-6-7-12-26-21(22)15-8-10-16(11-9-15)27-17-13-18(23-2)20(25-4)19(14-17)24-3/h8-11,13-14H,5-7,12H2,1-4H3. The Balaban J connectivity index is 2.07. The molecule has 0 fully saturated rings. The van der Waals surface area contributed by atoms with Gasteiger partial charge in [-0.05, 0) is 30.7 Å². The number of esters is 1. The van der Waals surface area contributed by atoms with E-state index in [9.17, 15) is 4.79 Å². The Bertz CT molecular complexity index is 714. The van der Waals surface area contributed by atoms with Gasteiger partial charge in [0.05, 0.1) is 33.5 Å². The molecular weight excluding hydrogens is 348 g/mol. The van der Waals surface area contributed by atoms with E-state index in [1.807, 2.05) is 0 Å². The fourth-order valence-electron chi connectivity index (χ4n) is 2.51. The largest absolute Gasteiger partial charge is 0.493 e. The van der Waals surface area contributed by atoms with E-state index in [-0.39, 0.29) is 5.97 Å². The molecule has 2 aromatic rings. The molecule has 0 aliphatic rings. The number of unbranched alkanes of at least 4 members (excludes halogenated alkanes) is 2. The zero-order chi connectivity index (χ0) is 19.6. The third-order valence-electron chi connectivity index (χ3n) is 3.95. The highest BCUT2D eigenvalue weighted by Crippen LogP contribution is 2.41. The number of ether oxygens (including phenoxy) is 5. The van der Waals surface area contributed by atoms with E-state index in [2.05, 4.69) is 6.92 Å². The Morgan fingerprint density at radius 1 is 0.852 bits per heavy atom. The third kappa shape index (κ3) is 5.54. The summed E-state index contributed by atoms with van der Waals surface area (Å²) in [5.74, 6) is 2.27. The van der Waals surface area contributed by atoms with Crippen molar-refractivity contribution in [3.63, 3.8) is 0 Å². The van der Waals surface area contributed by atoms with Crippen molar-refractivity contribution < 1.29 is 28.5 Å². The summed E-state index contributed by atoms with van der Waals surface area (Å²) in [5, 5.41) is 0. The maximum absolute atomic E-state index is 12.0. The highest BCUT2D eigenvalue weighted by molar-refractivity contribution is 5.89. The molecule has 6 heteroatoms. The molecule has 0 aliphatic heterocycles. The lowest BCUT2D eigenvalue weighted by Gasteiger charge is -2.14. The van der Waals surface area contributed by atoms with Gasteiger partial charge in [-0.1, -0.05) is 19.8 Å². The van der Waals surface area contributed by atoms with Crippen molar-refractivity contribution in [1.29, 1.82) is 0 Å². The molecule has 0 spiro atoms. The molecule has 0 saturated carbocycles. The topological polar surface area (TPSA) is 63.2 Å². The van der Waals surface area contributed by atoms with Crippen LogP contribution in [0.1, 0.15) is 36.5 Å². The summed E-state index contributed by atoms with van der Waals surface area (Å²) in [5.41, 5.74) is 0.490. The molecule has 0 aliphatic carbocycles. The lowest BCUT2D eigenvalue weighted by Crippen LogP contribution is -2.06. The van der Waals surface area contributed by atoms with Crippen molar-refractivity contribution >= 4 is 5.97 Å². The first-order valence-corrected chi connectivity index (χ1v) is 8.88. The fourth-order valence-corrected chi connectivity index (χ4v) is 2.51. The fraction of sp³-hybridized carbons (Fsp3) is 0.381. The predicted molar refractivity (Wildman–Crippen MR) is 102 cm³/mol. The van der Waals surface area contributed by atoms with Gasteiger partial charge in [0, 0.05) is 12.1 Å². The zero-order valence-corrected chi connectivity index (χ0v) is 16.2. The van der Waals surface area contributed by atoms with Gasteiger partial charge in [0.2, 0.25) is 5.75 Å². The van der Waals surface area contributed by atoms with E-state index in [0.717, 1.165) is 19.3 Å². The molecule has 0 saturated heterocycles. The normalized spacial score (nSPS) is 10.2. The second kappa shape index (κ2) is 10.3. The molecule has 0 N–H and O–H groups in total. The minimum Gasteiger partial charge on any atom is -0.493 e. The monoisotopic (exact) mass is 374 g/mol. The van der Waals surface area contributed by atoms with Gasteiger partial charge in [0.15, 0.2) is 11.5 Å². The van der Waals surface area contributed by atoms with Crippen molar-refractivity contribution in [2.75, 3.05) is 27.9 Å². The van der Waals surface area contributed by atoms with E-state index >= 15 is 0 Å². The Kier molecular flexibility index (Phi) is 7.79. The van der Waals surface area contributed by atoms with E-state index in [1.165, 1.54) is 0 Å². The van der Waals surface area contributed by atoms with Crippen LogP contribution in [0.15, 0.2) is 36.4 Å².